The van der Waals surface area contributed by atoms with E-state index in [9.17, 15) is 9.59 Å². The molecule has 2 N–H and O–H groups in total. The highest BCUT2D eigenvalue weighted by Crippen LogP contribution is 2.38. The molecular formula is C25H32N8O3S. The first-order chi connectivity index (χ1) is 17.7. The van der Waals surface area contributed by atoms with E-state index < -0.39 is 0 Å². The zero-order valence-electron chi connectivity index (χ0n) is 21.7. The number of carbonyl (C=O) groups is 2. The molecule has 0 unspecified atom stereocenters. The largest absolute Gasteiger partial charge is 0.490 e. The minimum absolute atomic E-state index is 0.00461. The Labute approximate surface area is 220 Å². The molecule has 0 aliphatic carbocycles. The number of anilines is 3. The molecule has 12 heteroatoms. The van der Waals surface area contributed by atoms with E-state index in [-0.39, 0.29) is 11.8 Å². The third-order valence-electron chi connectivity index (χ3n) is 5.80. The van der Waals surface area contributed by atoms with Crippen LogP contribution in [0, 0.1) is 6.92 Å². The molecule has 1 saturated heterocycles. The minimum Gasteiger partial charge on any atom is -0.490 e. The number of urea groups is 1. The number of nitrogens with one attached hydrogen (secondary N) is 2. The third kappa shape index (κ3) is 6.50. The molecule has 0 atom stereocenters. The summed E-state index contributed by atoms with van der Waals surface area (Å²) in [6.07, 6.45) is 0.410. The molecule has 1 fully saturated rings. The van der Waals surface area contributed by atoms with Gasteiger partial charge in [-0.25, -0.2) is 14.8 Å². The first-order valence-electron chi connectivity index (χ1n) is 12.0. The van der Waals surface area contributed by atoms with Crippen LogP contribution < -0.4 is 15.0 Å². The number of benzene rings is 1. The molecule has 2 amide bonds. The maximum Gasteiger partial charge on any atom is 0.319 e. The van der Waals surface area contributed by atoms with Gasteiger partial charge in [0.05, 0.1) is 7.11 Å². The first kappa shape index (κ1) is 26.3. The fourth-order valence-corrected chi connectivity index (χ4v) is 4.77. The van der Waals surface area contributed by atoms with Crippen LogP contribution in [-0.4, -0.2) is 89.2 Å². The van der Waals surface area contributed by atoms with Gasteiger partial charge in [0, 0.05) is 63.4 Å². The van der Waals surface area contributed by atoms with Gasteiger partial charge in [0.2, 0.25) is 5.75 Å². The molecule has 1 aliphatic heterocycles. The summed E-state index contributed by atoms with van der Waals surface area (Å²) in [5.41, 5.74) is 1.88. The predicted molar refractivity (Wildman–Crippen MR) is 143 cm³/mol. The van der Waals surface area contributed by atoms with Crippen LogP contribution in [0.5, 0.6) is 5.75 Å². The minimum atomic E-state index is -0.00461. The van der Waals surface area contributed by atoms with Crippen LogP contribution in [0.25, 0.3) is 0 Å². The summed E-state index contributed by atoms with van der Waals surface area (Å²) in [6, 6.07) is 9.70. The SMILES string of the molecule is COc1c(Nc2cc(C)[nH]n2)nc(Sc2ccc(CC(C)=O)cc2)nc1N1CCN(C(=O)N(C)C)CC1. The number of ketones is 1. The van der Waals surface area contributed by atoms with E-state index in [0.29, 0.717) is 61.0 Å². The van der Waals surface area contributed by atoms with Gasteiger partial charge in [-0.3, -0.25) is 9.89 Å². The van der Waals surface area contributed by atoms with Crippen LogP contribution >= 0.6 is 11.8 Å². The summed E-state index contributed by atoms with van der Waals surface area (Å²) in [6.45, 7) is 5.88. The zero-order valence-corrected chi connectivity index (χ0v) is 22.6. The number of Topliss-reactive ketones (excluding diaryl/α,β-unsaturated/α-hetero) is 1. The van der Waals surface area contributed by atoms with Crippen molar-refractivity contribution in [3.8, 4) is 5.75 Å². The van der Waals surface area contributed by atoms with Crippen LogP contribution in [0.2, 0.25) is 0 Å². The van der Waals surface area contributed by atoms with E-state index in [0.717, 1.165) is 16.2 Å². The van der Waals surface area contributed by atoms with Crippen LogP contribution in [0.4, 0.5) is 22.2 Å². The lowest BCUT2D eigenvalue weighted by atomic mass is 10.1. The van der Waals surface area contributed by atoms with Gasteiger partial charge in [-0.1, -0.05) is 12.1 Å². The van der Waals surface area contributed by atoms with E-state index in [1.807, 2.05) is 42.2 Å². The summed E-state index contributed by atoms with van der Waals surface area (Å²) in [4.78, 5) is 39.9. The van der Waals surface area contributed by atoms with Gasteiger partial charge in [-0.2, -0.15) is 5.10 Å². The lowest BCUT2D eigenvalue weighted by Gasteiger charge is -2.37. The number of amides is 2. The summed E-state index contributed by atoms with van der Waals surface area (Å²) in [5.74, 6) is 2.40. The van der Waals surface area contributed by atoms with Crippen molar-refractivity contribution in [1.82, 2.24) is 30.0 Å². The summed E-state index contributed by atoms with van der Waals surface area (Å²) >= 11 is 1.42. The molecule has 4 rings (SSSR count). The standard InChI is InChI=1S/C25H32N8O3S/c1-16-14-20(30-29-16)26-22-21(36-5)23(32-10-12-33(13-11-32)25(35)31(3)4)28-24(27-22)37-19-8-6-18(7-9-19)15-17(2)34/h6-9,14H,10-13,15H2,1-5H3,(H2,26,27,28,29,30). The maximum absolute atomic E-state index is 12.4. The Balaban J connectivity index is 1.64. The smallest absolute Gasteiger partial charge is 0.319 e. The number of methoxy groups -OCH3 is 1. The van der Waals surface area contributed by atoms with E-state index in [2.05, 4.69) is 20.4 Å². The van der Waals surface area contributed by atoms with Crippen molar-refractivity contribution in [2.45, 2.75) is 30.3 Å². The van der Waals surface area contributed by atoms with E-state index in [1.54, 1.807) is 33.0 Å². The molecule has 0 bridgehead atoms. The normalized spacial score (nSPS) is 13.4. The van der Waals surface area contributed by atoms with Crippen LogP contribution in [0.15, 0.2) is 40.4 Å². The maximum atomic E-state index is 12.4. The van der Waals surface area contributed by atoms with Crippen molar-refractivity contribution < 1.29 is 14.3 Å². The van der Waals surface area contributed by atoms with Crippen LogP contribution in [0.3, 0.4) is 0 Å². The number of ether oxygens (including phenoxy) is 1. The Morgan fingerprint density at radius 2 is 1.84 bits per heavy atom. The number of hydrogen-bond acceptors (Lipinski definition) is 9. The number of aromatic amines is 1. The molecule has 0 saturated carbocycles. The number of aryl methyl sites for hydroxylation is 1. The molecule has 1 aliphatic rings. The van der Waals surface area contributed by atoms with E-state index in [4.69, 9.17) is 14.7 Å². The number of hydrogen-bond donors (Lipinski definition) is 2. The monoisotopic (exact) mass is 524 g/mol. The number of aromatic nitrogens is 4. The highest BCUT2D eigenvalue weighted by Gasteiger charge is 2.27. The lowest BCUT2D eigenvalue weighted by molar-refractivity contribution is -0.116. The molecule has 1 aromatic carbocycles. The highest BCUT2D eigenvalue weighted by molar-refractivity contribution is 7.99. The highest BCUT2D eigenvalue weighted by atomic mass is 32.2. The Morgan fingerprint density at radius 3 is 2.41 bits per heavy atom. The van der Waals surface area contributed by atoms with E-state index in [1.165, 1.54) is 11.8 Å². The average molecular weight is 525 g/mol. The third-order valence-corrected chi connectivity index (χ3v) is 6.67. The Kier molecular flexibility index (Phi) is 8.17. The number of H-pyrrole nitrogens is 1. The van der Waals surface area contributed by atoms with Gasteiger partial charge in [-0.15, -0.1) is 0 Å². The topological polar surface area (TPSA) is 120 Å². The lowest BCUT2D eigenvalue weighted by Crippen LogP contribution is -2.51. The molecular weight excluding hydrogens is 492 g/mol. The van der Waals surface area contributed by atoms with Gasteiger partial charge in [0.15, 0.2) is 22.6 Å². The quantitative estimate of drug-likeness (QED) is 0.428. The van der Waals surface area contributed by atoms with Gasteiger partial charge in [0.25, 0.3) is 0 Å². The number of nitrogens with zero attached hydrogens (tertiary/aromatic N) is 6. The summed E-state index contributed by atoms with van der Waals surface area (Å²) in [5, 5.41) is 11.0. The summed E-state index contributed by atoms with van der Waals surface area (Å²) in [7, 11) is 5.11. The number of piperazine rings is 1. The molecule has 0 spiro atoms. The van der Waals surface area contributed by atoms with Crippen LogP contribution in [-0.2, 0) is 11.2 Å². The Hall–Kier alpha value is -3.80. The summed E-state index contributed by atoms with van der Waals surface area (Å²) < 4.78 is 5.78. The molecule has 2 aromatic heterocycles. The average Bonchev–Trinajstić information content (AvgIpc) is 3.28. The van der Waals surface area contributed by atoms with Crippen molar-refractivity contribution in [3.63, 3.8) is 0 Å². The molecule has 0 radical (unpaired) electrons. The van der Waals surface area contributed by atoms with E-state index >= 15 is 0 Å². The van der Waals surface area contributed by atoms with Crippen molar-refractivity contribution in [2.75, 3.05) is 57.6 Å². The molecule has 3 aromatic rings. The van der Waals surface area contributed by atoms with Crippen molar-refractivity contribution in [2.24, 2.45) is 0 Å². The number of carbonyl (C=O) groups excluding carboxylic acids is 2. The molecule has 196 valence electrons. The zero-order chi connectivity index (χ0) is 26.5. The second-order valence-electron chi connectivity index (χ2n) is 9.05. The molecule has 37 heavy (non-hydrogen) atoms. The Bertz CT molecular complexity index is 1250. The van der Waals surface area contributed by atoms with Crippen molar-refractivity contribution >= 4 is 41.0 Å². The first-order valence-corrected chi connectivity index (χ1v) is 12.8. The second-order valence-corrected chi connectivity index (χ2v) is 10.1. The molecule has 3 heterocycles. The second kappa shape index (κ2) is 11.5. The van der Waals surface area contributed by atoms with Crippen molar-refractivity contribution in [1.29, 1.82) is 0 Å². The van der Waals surface area contributed by atoms with Crippen LogP contribution in [0.1, 0.15) is 18.2 Å². The van der Waals surface area contributed by atoms with Gasteiger partial charge in [-0.05, 0) is 43.3 Å². The van der Waals surface area contributed by atoms with Gasteiger partial charge in [0.1, 0.15) is 5.78 Å². The van der Waals surface area contributed by atoms with Crippen molar-refractivity contribution in [3.05, 3.63) is 41.6 Å². The Morgan fingerprint density at radius 1 is 1.14 bits per heavy atom. The number of rotatable bonds is 8. The molecule has 11 nitrogen and oxygen atoms in total. The fourth-order valence-electron chi connectivity index (χ4n) is 4.02. The predicted octanol–water partition coefficient (Wildman–Crippen LogP) is 3.35. The van der Waals surface area contributed by atoms with Gasteiger partial charge >= 0.3 is 6.03 Å². The fraction of sp³-hybridized carbons (Fsp3) is 0.400. The van der Waals surface area contributed by atoms with Gasteiger partial charge < -0.3 is 24.8 Å².